The largest absolute Gasteiger partial charge is 0.352 e. The van der Waals surface area contributed by atoms with E-state index in [1.807, 2.05) is 56.3 Å². The second kappa shape index (κ2) is 11.4. The fourth-order valence-corrected chi connectivity index (χ4v) is 2.52. The molecule has 2 aromatic rings. The molecule has 2 rings (SSSR count). The molecule has 5 nitrogen and oxygen atoms in total. The Morgan fingerprint density at radius 3 is 2.44 bits per heavy atom. The van der Waals surface area contributed by atoms with E-state index in [9.17, 15) is 9.59 Å². The van der Waals surface area contributed by atoms with Crippen LogP contribution in [0.15, 0.2) is 54.6 Å². The summed E-state index contributed by atoms with van der Waals surface area (Å²) < 4.78 is 0. The maximum atomic E-state index is 12.2. The highest BCUT2D eigenvalue weighted by atomic mass is 35.5. The Hall–Kier alpha value is -2.37. The third-order valence-electron chi connectivity index (χ3n) is 4.30. The van der Waals surface area contributed by atoms with Crippen LogP contribution in [0.5, 0.6) is 0 Å². The van der Waals surface area contributed by atoms with E-state index in [-0.39, 0.29) is 42.7 Å². The molecule has 146 valence electrons. The van der Waals surface area contributed by atoms with Crippen LogP contribution in [0.1, 0.15) is 54.2 Å². The van der Waals surface area contributed by atoms with E-state index < -0.39 is 0 Å². The van der Waals surface area contributed by atoms with Crippen molar-refractivity contribution in [2.24, 2.45) is 5.73 Å². The third-order valence-corrected chi connectivity index (χ3v) is 4.30. The zero-order valence-corrected chi connectivity index (χ0v) is 16.6. The molecule has 4 N–H and O–H groups in total. The summed E-state index contributed by atoms with van der Waals surface area (Å²) in [5.41, 5.74) is 8.48. The Labute approximate surface area is 167 Å². The van der Waals surface area contributed by atoms with Gasteiger partial charge in [-0.05, 0) is 36.6 Å². The van der Waals surface area contributed by atoms with Gasteiger partial charge in [0.2, 0.25) is 5.91 Å². The minimum atomic E-state index is -0.330. The van der Waals surface area contributed by atoms with Gasteiger partial charge in [-0.25, -0.2) is 0 Å². The molecule has 2 aromatic carbocycles. The van der Waals surface area contributed by atoms with Gasteiger partial charge in [0.15, 0.2) is 0 Å². The zero-order chi connectivity index (χ0) is 18.9. The molecule has 27 heavy (non-hydrogen) atoms. The lowest BCUT2D eigenvalue weighted by atomic mass is 10.0. The number of carbonyl (C=O) groups is 2. The number of nitrogens with one attached hydrogen (secondary N) is 2. The second-order valence-electron chi connectivity index (χ2n) is 6.48. The lowest BCUT2D eigenvalue weighted by Crippen LogP contribution is -2.32. The van der Waals surface area contributed by atoms with Gasteiger partial charge in [-0.15, -0.1) is 12.4 Å². The van der Waals surface area contributed by atoms with Crippen LogP contribution >= 0.6 is 12.4 Å². The number of amides is 2. The van der Waals surface area contributed by atoms with Crippen LogP contribution in [0.25, 0.3) is 0 Å². The smallest absolute Gasteiger partial charge is 0.251 e. The molecule has 0 heterocycles. The number of halogens is 1. The first-order chi connectivity index (χ1) is 12.5. The van der Waals surface area contributed by atoms with Gasteiger partial charge in [-0.3, -0.25) is 9.59 Å². The van der Waals surface area contributed by atoms with Gasteiger partial charge in [0, 0.05) is 30.6 Å². The molecule has 2 atom stereocenters. The number of benzene rings is 2. The zero-order valence-electron chi connectivity index (χ0n) is 15.8. The molecule has 0 aliphatic rings. The van der Waals surface area contributed by atoms with E-state index >= 15 is 0 Å². The van der Waals surface area contributed by atoms with Crippen molar-refractivity contribution in [2.75, 3.05) is 0 Å². The molecule has 0 saturated carbocycles. The second-order valence-corrected chi connectivity index (χ2v) is 6.48. The van der Waals surface area contributed by atoms with Gasteiger partial charge in [-0.1, -0.05) is 49.4 Å². The SMILES string of the molecule is CCC(C)NC(=O)c1cccc(CNC(=O)CC(N)c2ccccc2)c1.Cl. The molecule has 0 radical (unpaired) electrons. The highest BCUT2D eigenvalue weighted by molar-refractivity contribution is 5.94. The number of nitrogens with two attached hydrogens (primary N) is 1. The monoisotopic (exact) mass is 389 g/mol. The molecule has 0 aliphatic carbocycles. The van der Waals surface area contributed by atoms with Crippen molar-refractivity contribution in [1.29, 1.82) is 0 Å². The summed E-state index contributed by atoms with van der Waals surface area (Å²) in [4.78, 5) is 24.3. The van der Waals surface area contributed by atoms with Crippen molar-refractivity contribution >= 4 is 24.2 Å². The predicted molar refractivity (Wildman–Crippen MR) is 111 cm³/mol. The Balaban J connectivity index is 0.00000364. The van der Waals surface area contributed by atoms with Gasteiger partial charge in [-0.2, -0.15) is 0 Å². The third kappa shape index (κ3) is 7.41. The minimum Gasteiger partial charge on any atom is -0.352 e. The molecule has 2 amide bonds. The van der Waals surface area contributed by atoms with Gasteiger partial charge in [0.1, 0.15) is 0 Å². The summed E-state index contributed by atoms with van der Waals surface area (Å²) in [6.45, 7) is 4.36. The maximum Gasteiger partial charge on any atom is 0.251 e. The summed E-state index contributed by atoms with van der Waals surface area (Å²) in [6, 6.07) is 16.6. The first-order valence-electron chi connectivity index (χ1n) is 8.96. The lowest BCUT2D eigenvalue weighted by Gasteiger charge is -2.13. The Kier molecular flexibility index (Phi) is 9.54. The summed E-state index contributed by atoms with van der Waals surface area (Å²) in [7, 11) is 0. The van der Waals surface area contributed by atoms with Gasteiger partial charge in [0.05, 0.1) is 0 Å². The summed E-state index contributed by atoms with van der Waals surface area (Å²) in [6.07, 6.45) is 1.10. The first kappa shape index (κ1) is 22.7. The Bertz CT molecular complexity index is 737. The van der Waals surface area contributed by atoms with Crippen molar-refractivity contribution < 1.29 is 9.59 Å². The Morgan fingerprint density at radius 2 is 1.78 bits per heavy atom. The van der Waals surface area contributed by atoms with Crippen molar-refractivity contribution in [3.63, 3.8) is 0 Å². The van der Waals surface area contributed by atoms with Crippen LogP contribution in [-0.4, -0.2) is 17.9 Å². The van der Waals surface area contributed by atoms with Gasteiger partial charge in [0.25, 0.3) is 5.91 Å². The Morgan fingerprint density at radius 1 is 1.07 bits per heavy atom. The fourth-order valence-electron chi connectivity index (χ4n) is 2.52. The fraction of sp³-hybridized carbons (Fsp3) is 0.333. The van der Waals surface area contributed by atoms with Crippen LogP contribution in [-0.2, 0) is 11.3 Å². The van der Waals surface area contributed by atoms with Crippen LogP contribution < -0.4 is 16.4 Å². The molecule has 0 spiro atoms. The molecular weight excluding hydrogens is 362 g/mol. The molecule has 6 heteroatoms. The van der Waals surface area contributed by atoms with E-state index in [2.05, 4.69) is 10.6 Å². The molecule has 0 aliphatic heterocycles. The van der Waals surface area contributed by atoms with Gasteiger partial charge < -0.3 is 16.4 Å². The average Bonchev–Trinajstić information content (AvgIpc) is 2.67. The van der Waals surface area contributed by atoms with E-state index in [1.165, 1.54) is 0 Å². The van der Waals surface area contributed by atoms with Crippen molar-refractivity contribution in [2.45, 2.75) is 45.3 Å². The van der Waals surface area contributed by atoms with Crippen molar-refractivity contribution in [3.05, 3.63) is 71.3 Å². The van der Waals surface area contributed by atoms with Crippen LogP contribution in [0.3, 0.4) is 0 Å². The number of hydrogen-bond donors (Lipinski definition) is 3. The lowest BCUT2D eigenvalue weighted by molar-refractivity contribution is -0.121. The van der Waals surface area contributed by atoms with Crippen molar-refractivity contribution in [1.82, 2.24) is 10.6 Å². The highest BCUT2D eigenvalue weighted by Crippen LogP contribution is 2.13. The topological polar surface area (TPSA) is 84.2 Å². The number of hydrogen-bond acceptors (Lipinski definition) is 3. The highest BCUT2D eigenvalue weighted by Gasteiger charge is 2.12. The maximum absolute atomic E-state index is 12.2. The van der Waals surface area contributed by atoms with Crippen LogP contribution in [0.2, 0.25) is 0 Å². The summed E-state index contributed by atoms with van der Waals surface area (Å²) >= 11 is 0. The molecule has 0 aromatic heterocycles. The van der Waals surface area contributed by atoms with E-state index in [0.717, 1.165) is 17.5 Å². The molecule has 2 unspecified atom stereocenters. The first-order valence-corrected chi connectivity index (χ1v) is 8.96. The van der Waals surface area contributed by atoms with E-state index in [1.54, 1.807) is 12.1 Å². The van der Waals surface area contributed by atoms with Crippen LogP contribution in [0, 0.1) is 0 Å². The molecule has 0 fully saturated rings. The summed E-state index contributed by atoms with van der Waals surface area (Å²) in [5, 5.41) is 5.81. The summed E-state index contributed by atoms with van der Waals surface area (Å²) in [5.74, 6) is -0.213. The number of carbonyl (C=O) groups excluding carboxylic acids is 2. The predicted octanol–water partition coefficient (Wildman–Crippen LogP) is 3.34. The average molecular weight is 390 g/mol. The molecular formula is C21H28ClN3O2. The quantitative estimate of drug-likeness (QED) is 0.647. The molecule has 0 saturated heterocycles. The minimum absolute atomic E-state index is 0. The van der Waals surface area contributed by atoms with Crippen LogP contribution in [0.4, 0.5) is 0 Å². The van der Waals surface area contributed by atoms with Crippen molar-refractivity contribution in [3.8, 4) is 0 Å². The normalized spacial score (nSPS) is 12.4. The van der Waals surface area contributed by atoms with Gasteiger partial charge >= 0.3 is 0 Å². The number of rotatable bonds is 8. The molecule has 0 bridgehead atoms. The van der Waals surface area contributed by atoms with E-state index in [0.29, 0.717) is 12.1 Å². The standard InChI is InChI=1S/C21H27N3O2.ClH/c1-3-15(2)24-21(26)18-11-7-8-16(12-18)14-23-20(25)13-19(22)17-9-5-4-6-10-17;/h4-12,15,19H,3,13-14,22H2,1-2H3,(H,23,25)(H,24,26);1H. The van der Waals surface area contributed by atoms with E-state index in [4.69, 9.17) is 5.73 Å².